The fourth-order valence-electron chi connectivity index (χ4n) is 2.55. The highest BCUT2D eigenvalue weighted by atomic mass is 32.2. The molecule has 0 spiro atoms. The Bertz CT molecular complexity index is 938. The fourth-order valence-corrected chi connectivity index (χ4v) is 4.07. The Kier molecular flexibility index (Phi) is 6.63. The Morgan fingerprint density at radius 2 is 2.00 bits per heavy atom. The van der Waals surface area contributed by atoms with Crippen LogP contribution in [0.15, 0.2) is 29.4 Å². The summed E-state index contributed by atoms with van der Waals surface area (Å²) in [5.74, 6) is 1.55. The number of hydrogen-bond donors (Lipinski definition) is 1. The molecule has 0 unspecified atom stereocenters. The van der Waals surface area contributed by atoms with E-state index in [-0.39, 0.29) is 11.2 Å². The molecule has 0 bridgehead atoms. The van der Waals surface area contributed by atoms with Crippen LogP contribution in [0.3, 0.4) is 0 Å². The summed E-state index contributed by atoms with van der Waals surface area (Å²) in [7, 11) is 1.65. The number of amides is 1. The van der Waals surface area contributed by atoms with E-state index < -0.39 is 0 Å². The predicted molar refractivity (Wildman–Crippen MR) is 110 cm³/mol. The molecule has 3 aromatic rings. The first-order valence-corrected chi connectivity index (χ1v) is 10.5. The Labute approximate surface area is 171 Å². The summed E-state index contributed by atoms with van der Waals surface area (Å²) in [4.78, 5) is 12.4. The van der Waals surface area contributed by atoms with Crippen LogP contribution in [-0.4, -0.2) is 43.2 Å². The number of anilines is 1. The Morgan fingerprint density at radius 3 is 2.61 bits per heavy atom. The highest BCUT2D eigenvalue weighted by molar-refractivity contribution is 8.00. The summed E-state index contributed by atoms with van der Waals surface area (Å²) < 4.78 is 7.23. The van der Waals surface area contributed by atoms with Crippen molar-refractivity contribution in [2.24, 2.45) is 0 Å². The van der Waals surface area contributed by atoms with Gasteiger partial charge in [0.1, 0.15) is 16.6 Å². The summed E-state index contributed by atoms with van der Waals surface area (Å²) in [5, 5.41) is 21.0. The molecular formula is C18H22N6O2S2. The number of methoxy groups -OCH3 is 1. The Hall–Kier alpha value is -2.46. The van der Waals surface area contributed by atoms with Gasteiger partial charge in [-0.1, -0.05) is 35.2 Å². The molecule has 1 aromatic carbocycles. The van der Waals surface area contributed by atoms with E-state index >= 15 is 0 Å². The van der Waals surface area contributed by atoms with Crippen LogP contribution < -0.4 is 10.1 Å². The minimum atomic E-state index is -0.340. The Balaban J connectivity index is 1.67. The van der Waals surface area contributed by atoms with Gasteiger partial charge >= 0.3 is 0 Å². The molecule has 1 amide bonds. The van der Waals surface area contributed by atoms with Gasteiger partial charge < -0.3 is 9.30 Å². The number of carbonyl (C=O) groups is 1. The third-order valence-corrected chi connectivity index (χ3v) is 5.87. The van der Waals surface area contributed by atoms with Gasteiger partial charge in [0.15, 0.2) is 5.16 Å². The maximum absolute atomic E-state index is 12.4. The standard InChI is InChI=1S/C18H22N6O2S2/c1-5-24-15(10-13-6-8-14(26-4)9-7-13)21-23-18(24)27-11(2)16(25)19-17-22-20-12(3)28-17/h6-9,11H,5,10H2,1-4H3,(H,19,22,25)/t11-/m0/s1. The largest absolute Gasteiger partial charge is 0.497 e. The number of nitrogens with one attached hydrogen (secondary N) is 1. The molecule has 0 aliphatic carbocycles. The fraction of sp³-hybridized carbons (Fsp3) is 0.389. The molecule has 0 saturated carbocycles. The first-order chi connectivity index (χ1) is 13.5. The SMILES string of the molecule is CCn1c(Cc2ccc(OC)cc2)nnc1S[C@@H](C)C(=O)Nc1nnc(C)s1. The molecule has 0 aliphatic rings. The maximum Gasteiger partial charge on any atom is 0.239 e. The van der Waals surface area contributed by atoms with Crippen molar-refractivity contribution >= 4 is 34.1 Å². The van der Waals surface area contributed by atoms with Crippen molar-refractivity contribution in [3.8, 4) is 5.75 Å². The summed E-state index contributed by atoms with van der Waals surface area (Å²) in [6, 6.07) is 7.89. The molecule has 3 rings (SSSR count). The van der Waals surface area contributed by atoms with Crippen molar-refractivity contribution < 1.29 is 9.53 Å². The first-order valence-electron chi connectivity index (χ1n) is 8.82. The molecule has 1 atom stereocenters. The third kappa shape index (κ3) is 4.87. The van der Waals surface area contributed by atoms with E-state index in [0.29, 0.717) is 11.6 Å². The van der Waals surface area contributed by atoms with Crippen LogP contribution in [0, 0.1) is 6.92 Å². The quantitative estimate of drug-likeness (QED) is 0.561. The smallest absolute Gasteiger partial charge is 0.239 e. The van der Waals surface area contributed by atoms with Gasteiger partial charge in [0, 0.05) is 13.0 Å². The lowest BCUT2D eigenvalue weighted by Crippen LogP contribution is -2.23. The van der Waals surface area contributed by atoms with Crippen molar-refractivity contribution in [3.05, 3.63) is 40.7 Å². The molecule has 28 heavy (non-hydrogen) atoms. The van der Waals surface area contributed by atoms with Crippen molar-refractivity contribution in [1.82, 2.24) is 25.0 Å². The van der Waals surface area contributed by atoms with Crippen molar-refractivity contribution in [2.45, 2.75) is 44.1 Å². The first kappa shape index (κ1) is 20.3. The van der Waals surface area contributed by atoms with E-state index in [4.69, 9.17) is 4.74 Å². The number of carbonyl (C=O) groups excluding carboxylic acids is 1. The number of nitrogens with zero attached hydrogens (tertiary/aromatic N) is 5. The maximum atomic E-state index is 12.4. The lowest BCUT2D eigenvalue weighted by molar-refractivity contribution is -0.115. The highest BCUT2D eigenvalue weighted by Crippen LogP contribution is 2.25. The number of ether oxygens (including phenoxy) is 1. The predicted octanol–water partition coefficient (Wildman–Crippen LogP) is 3.18. The zero-order valence-corrected chi connectivity index (χ0v) is 17.8. The van der Waals surface area contributed by atoms with Crippen LogP contribution in [0.4, 0.5) is 5.13 Å². The lowest BCUT2D eigenvalue weighted by atomic mass is 10.1. The van der Waals surface area contributed by atoms with E-state index in [2.05, 4.69) is 25.7 Å². The molecule has 8 nitrogen and oxygen atoms in total. The average Bonchev–Trinajstić information content (AvgIpc) is 3.27. The average molecular weight is 419 g/mol. The molecular weight excluding hydrogens is 396 g/mol. The topological polar surface area (TPSA) is 94.8 Å². The van der Waals surface area contributed by atoms with Gasteiger partial charge in [-0.25, -0.2) is 0 Å². The lowest BCUT2D eigenvalue weighted by Gasteiger charge is -2.11. The van der Waals surface area contributed by atoms with Crippen LogP contribution in [0.5, 0.6) is 5.75 Å². The van der Waals surface area contributed by atoms with Crippen LogP contribution in [0.25, 0.3) is 0 Å². The molecule has 10 heteroatoms. The van der Waals surface area contributed by atoms with Gasteiger partial charge in [-0.15, -0.1) is 20.4 Å². The Morgan fingerprint density at radius 1 is 1.25 bits per heavy atom. The second-order valence-corrected chi connectivity index (χ2v) is 8.53. The number of aryl methyl sites for hydroxylation is 1. The van der Waals surface area contributed by atoms with Crippen LogP contribution in [0.1, 0.15) is 30.2 Å². The van der Waals surface area contributed by atoms with Gasteiger partial charge in [-0.05, 0) is 38.5 Å². The van der Waals surface area contributed by atoms with Crippen molar-refractivity contribution in [3.63, 3.8) is 0 Å². The zero-order chi connectivity index (χ0) is 20.1. The third-order valence-electron chi connectivity index (χ3n) is 4.04. The van der Waals surface area contributed by atoms with Gasteiger partial charge in [-0.3, -0.25) is 10.1 Å². The summed E-state index contributed by atoms with van der Waals surface area (Å²) in [5.41, 5.74) is 1.12. The minimum Gasteiger partial charge on any atom is -0.497 e. The van der Waals surface area contributed by atoms with Crippen LogP contribution >= 0.6 is 23.1 Å². The van der Waals surface area contributed by atoms with Crippen LogP contribution in [-0.2, 0) is 17.8 Å². The summed E-state index contributed by atoms with van der Waals surface area (Å²) >= 11 is 2.73. The molecule has 2 aromatic heterocycles. The summed E-state index contributed by atoms with van der Waals surface area (Å²) in [6.45, 7) is 6.45. The minimum absolute atomic E-state index is 0.136. The second-order valence-electron chi connectivity index (χ2n) is 6.04. The number of thioether (sulfide) groups is 1. The number of rotatable bonds is 8. The van der Waals surface area contributed by atoms with E-state index in [1.165, 1.54) is 23.1 Å². The van der Waals surface area contributed by atoms with E-state index in [9.17, 15) is 4.79 Å². The summed E-state index contributed by atoms with van der Waals surface area (Å²) in [6.07, 6.45) is 0.663. The van der Waals surface area contributed by atoms with E-state index in [1.54, 1.807) is 7.11 Å². The van der Waals surface area contributed by atoms with Crippen LogP contribution in [0.2, 0.25) is 0 Å². The molecule has 0 saturated heterocycles. The molecule has 0 radical (unpaired) electrons. The normalized spacial score (nSPS) is 12.0. The molecule has 148 valence electrons. The second kappa shape index (κ2) is 9.16. The molecule has 0 aliphatic heterocycles. The van der Waals surface area contributed by atoms with Gasteiger partial charge in [0.05, 0.1) is 12.4 Å². The molecule has 0 fully saturated rings. The van der Waals surface area contributed by atoms with Gasteiger partial charge in [0.2, 0.25) is 11.0 Å². The highest BCUT2D eigenvalue weighted by Gasteiger charge is 2.21. The zero-order valence-electron chi connectivity index (χ0n) is 16.2. The van der Waals surface area contributed by atoms with Crippen molar-refractivity contribution in [2.75, 3.05) is 12.4 Å². The van der Waals surface area contributed by atoms with Gasteiger partial charge in [-0.2, -0.15) is 0 Å². The van der Waals surface area contributed by atoms with Crippen molar-refractivity contribution in [1.29, 1.82) is 0 Å². The molecule has 2 heterocycles. The number of hydrogen-bond acceptors (Lipinski definition) is 8. The number of benzene rings is 1. The van der Waals surface area contributed by atoms with E-state index in [1.807, 2.05) is 49.6 Å². The van der Waals surface area contributed by atoms with E-state index in [0.717, 1.165) is 33.8 Å². The molecule has 1 N–H and O–H groups in total. The number of aromatic nitrogens is 5. The monoisotopic (exact) mass is 418 g/mol. The van der Waals surface area contributed by atoms with Gasteiger partial charge in [0.25, 0.3) is 0 Å².